The van der Waals surface area contributed by atoms with Crippen molar-refractivity contribution in [1.29, 1.82) is 0 Å². The SMILES string of the molecule is COC1(C(Cc2ccc(C)cc2Cl)NN)CCC(C)CC1. The number of hydrogen-bond acceptors (Lipinski definition) is 3. The fourth-order valence-corrected chi connectivity index (χ4v) is 3.69. The first-order valence-electron chi connectivity index (χ1n) is 7.77. The van der Waals surface area contributed by atoms with Crippen LogP contribution in [0.5, 0.6) is 0 Å². The van der Waals surface area contributed by atoms with E-state index in [-0.39, 0.29) is 11.6 Å². The first kappa shape index (κ1) is 16.8. The number of aryl methyl sites for hydroxylation is 1. The van der Waals surface area contributed by atoms with Gasteiger partial charge in [-0.25, -0.2) is 0 Å². The van der Waals surface area contributed by atoms with Crippen molar-refractivity contribution in [3.8, 4) is 0 Å². The second-order valence-corrected chi connectivity index (χ2v) is 6.88. The minimum absolute atomic E-state index is 0.0789. The molecule has 3 nitrogen and oxygen atoms in total. The van der Waals surface area contributed by atoms with Crippen molar-refractivity contribution in [1.82, 2.24) is 5.43 Å². The molecule has 0 aromatic heterocycles. The second kappa shape index (κ2) is 7.10. The van der Waals surface area contributed by atoms with Crippen molar-refractivity contribution in [3.05, 3.63) is 34.3 Å². The maximum Gasteiger partial charge on any atom is 0.0847 e. The summed E-state index contributed by atoms with van der Waals surface area (Å²) in [7, 11) is 1.80. The topological polar surface area (TPSA) is 47.3 Å². The first-order chi connectivity index (χ1) is 10.0. The van der Waals surface area contributed by atoms with Crippen molar-refractivity contribution in [2.45, 2.75) is 57.6 Å². The van der Waals surface area contributed by atoms with E-state index in [9.17, 15) is 0 Å². The molecule has 0 radical (unpaired) electrons. The summed E-state index contributed by atoms with van der Waals surface area (Å²) in [5.74, 6) is 6.63. The van der Waals surface area contributed by atoms with Gasteiger partial charge < -0.3 is 4.74 Å². The van der Waals surface area contributed by atoms with Crippen LogP contribution in [0.3, 0.4) is 0 Å². The summed E-state index contributed by atoms with van der Waals surface area (Å²) in [6, 6.07) is 6.27. The number of rotatable bonds is 5. The highest BCUT2D eigenvalue weighted by Gasteiger charge is 2.41. The van der Waals surface area contributed by atoms with Crippen LogP contribution < -0.4 is 11.3 Å². The molecule has 118 valence electrons. The molecule has 1 aliphatic rings. The highest BCUT2D eigenvalue weighted by Crippen LogP contribution is 2.38. The lowest BCUT2D eigenvalue weighted by molar-refractivity contribution is -0.0746. The van der Waals surface area contributed by atoms with Crippen LogP contribution in [-0.2, 0) is 11.2 Å². The Morgan fingerprint density at radius 1 is 1.43 bits per heavy atom. The van der Waals surface area contributed by atoms with E-state index in [0.29, 0.717) is 0 Å². The minimum atomic E-state index is -0.185. The molecule has 3 N–H and O–H groups in total. The molecule has 0 heterocycles. The van der Waals surface area contributed by atoms with E-state index in [1.165, 1.54) is 18.4 Å². The molecule has 0 aliphatic heterocycles. The molecule has 1 saturated carbocycles. The zero-order valence-corrected chi connectivity index (χ0v) is 14.0. The van der Waals surface area contributed by atoms with Gasteiger partial charge in [0.05, 0.1) is 11.6 Å². The average molecular weight is 311 g/mol. The maximum absolute atomic E-state index is 6.37. The van der Waals surface area contributed by atoms with Gasteiger partial charge in [0, 0.05) is 12.1 Å². The van der Waals surface area contributed by atoms with Gasteiger partial charge >= 0.3 is 0 Å². The molecule has 1 aromatic carbocycles. The molecule has 1 fully saturated rings. The van der Waals surface area contributed by atoms with Crippen LogP contribution in [-0.4, -0.2) is 18.8 Å². The lowest BCUT2D eigenvalue weighted by Crippen LogP contribution is -2.57. The van der Waals surface area contributed by atoms with Gasteiger partial charge in [0.2, 0.25) is 0 Å². The summed E-state index contributed by atoms with van der Waals surface area (Å²) in [6.07, 6.45) is 5.26. The molecule has 1 aliphatic carbocycles. The Kier molecular flexibility index (Phi) is 5.67. The van der Waals surface area contributed by atoms with Crippen molar-refractivity contribution < 1.29 is 4.74 Å². The van der Waals surface area contributed by atoms with E-state index in [1.807, 2.05) is 13.0 Å². The third-order valence-electron chi connectivity index (χ3n) is 5.00. The average Bonchev–Trinajstić information content (AvgIpc) is 2.48. The number of ether oxygens (including phenoxy) is 1. The maximum atomic E-state index is 6.37. The van der Waals surface area contributed by atoms with Crippen LogP contribution in [0.25, 0.3) is 0 Å². The monoisotopic (exact) mass is 310 g/mol. The van der Waals surface area contributed by atoms with E-state index >= 15 is 0 Å². The van der Waals surface area contributed by atoms with Gasteiger partial charge in [0.1, 0.15) is 0 Å². The number of hydrazine groups is 1. The van der Waals surface area contributed by atoms with Crippen LogP contribution in [0.15, 0.2) is 18.2 Å². The Labute approximate surface area is 133 Å². The summed E-state index contributed by atoms with van der Waals surface area (Å²) in [6.45, 7) is 4.36. The molecule has 0 amide bonds. The zero-order chi connectivity index (χ0) is 15.5. The quantitative estimate of drug-likeness (QED) is 0.645. The van der Waals surface area contributed by atoms with Crippen LogP contribution in [0.4, 0.5) is 0 Å². The number of nitrogens with two attached hydrogens (primary N) is 1. The summed E-state index contributed by atoms with van der Waals surface area (Å²) < 4.78 is 5.93. The smallest absolute Gasteiger partial charge is 0.0847 e. The Bertz CT molecular complexity index is 470. The van der Waals surface area contributed by atoms with Gasteiger partial charge in [0.25, 0.3) is 0 Å². The standard InChI is InChI=1S/C17H27ClN2O/c1-12-6-8-17(21-3,9-7-12)16(20-19)11-14-5-4-13(2)10-15(14)18/h4-5,10,12,16,20H,6-9,11,19H2,1-3H3. The predicted octanol–water partition coefficient (Wildman–Crippen LogP) is 3.62. The van der Waals surface area contributed by atoms with Gasteiger partial charge in [0.15, 0.2) is 0 Å². The number of benzene rings is 1. The van der Waals surface area contributed by atoms with E-state index < -0.39 is 0 Å². The zero-order valence-electron chi connectivity index (χ0n) is 13.3. The molecule has 2 rings (SSSR count). The molecule has 1 unspecified atom stereocenters. The lowest BCUT2D eigenvalue weighted by atomic mass is 9.74. The van der Waals surface area contributed by atoms with Crippen molar-refractivity contribution in [2.75, 3.05) is 7.11 Å². The van der Waals surface area contributed by atoms with E-state index in [0.717, 1.165) is 35.8 Å². The van der Waals surface area contributed by atoms with Crippen LogP contribution in [0.1, 0.15) is 43.7 Å². The second-order valence-electron chi connectivity index (χ2n) is 6.47. The molecule has 0 bridgehead atoms. The molecular formula is C17H27ClN2O. The Morgan fingerprint density at radius 2 is 2.10 bits per heavy atom. The van der Waals surface area contributed by atoms with Crippen LogP contribution in [0.2, 0.25) is 5.02 Å². The van der Waals surface area contributed by atoms with Crippen molar-refractivity contribution in [2.24, 2.45) is 11.8 Å². The van der Waals surface area contributed by atoms with E-state index in [4.69, 9.17) is 22.2 Å². The van der Waals surface area contributed by atoms with E-state index in [1.54, 1.807) is 7.11 Å². The largest absolute Gasteiger partial charge is 0.377 e. The molecular weight excluding hydrogens is 284 g/mol. The number of methoxy groups -OCH3 is 1. The molecule has 0 spiro atoms. The van der Waals surface area contributed by atoms with Gasteiger partial charge in [-0.15, -0.1) is 0 Å². The molecule has 0 saturated heterocycles. The fraction of sp³-hybridized carbons (Fsp3) is 0.647. The molecule has 4 heteroatoms. The minimum Gasteiger partial charge on any atom is -0.377 e. The number of nitrogens with one attached hydrogen (secondary N) is 1. The highest BCUT2D eigenvalue weighted by atomic mass is 35.5. The third kappa shape index (κ3) is 3.78. The molecule has 1 aromatic rings. The van der Waals surface area contributed by atoms with E-state index in [2.05, 4.69) is 24.5 Å². The van der Waals surface area contributed by atoms with Gasteiger partial charge in [-0.1, -0.05) is 30.7 Å². The van der Waals surface area contributed by atoms with Crippen LogP contribution in [0, 0.1) is 12.8 Å². The van der Waals surface area contributed by atoms with Gasteiger partial charge in [-0.05, 0) is 62.1 Å². The van der Waals surface area contributed by atoms with Gasteiger partial charge in [-0.3, -0.25) is 11.3 Å². The number of hydrogen-bond donors (Lipinski definition) is 2. The molecule has 1 atom stereocenters. The Morgan fingerprint density at radius 3 is 2.62 bits per heavy atom. The van der Waals surface area contributed by atoms with Crippen LogP contribution >= 0.6 is 11.6 Å². The highest BCUT2D eigenvalue weighted by molar-refractivity contribution is 6.31. The summed E-state index contributed by atoms with van der Waals surface area (Å²) in [5, 5.41) is 0.811. The molecule has 21 heavy (non-hydrogen) atoms. The Balaban J connectivity index is 2.17. The van der Waals surface area contributed by atoms with Gasteiger partial charge in [-0.2, -0.15) is 0 Å². The first-order valence-corrected chi connectivity index (χ1v) is 8.15. The van der Waals surface area contributed by atoms with Crippen molar-refractivity contribution >= 4 is 11.6 Å². The summed E-state index contributed by atoms with van der Waals surface area (Å²) in [4.78, 5) is 0. The number of halogens is 1. The Hall–Kier alpha value is -0.610. The normalized spacial score (nSPS) is 27.6. The fourth-order valence-electron chi connectivity index (χ4n) is 3.38. The van der Waals surface area contributed by atoms with Crippen molar-refractivity contribution in [3.63, 3.8) is 0 Å². The third-order valence-corrected chi connectivity index (χ3v) is 5.35. The predicted molar refractivity (Wildman–Crippen MR) is 88.4 cm³/mol. The summed E-state index contributed by atoms with van der Waals surface area (Å²) >= 11 is 6.37. The summed E-state index contributed by atoms with van der Waals surface area (Å²) in [5.41, 5.74) is 5.10. The lowest BCUT2D eigenvalue weighted by Gasteiger charge is -2.44.